The highest BCUT2D eigenvalue weighted by Gasteiger charge is 2.27. The molecule has 1 N–H and O–H groups in total. The highest BCUT2D eigenvalue weighted by atomic mass is 32.2. The molecule has 0 unspecified atom stereocenters. The smallest absolute Gasteiger partial charge is 0.264 e. The zero-order chi connectivity index (χ0) is 23.1. The summed E-state index contributed by atoms with van der Waals surface area (Å²) >= 11 is 0. The lowest BCUT2D eigenvalue weighted by molar-refractivity contribution is -0.120. The molecule has 0 heterocycles. The monoisotopic (exact) mass is 452 g/mol. The lowest BCUT2D eigenvalue weighted by Gasteiger charge is -2.25. The van der Waals surface area contributed by atoms with Crippen LogP contribution in [0.4, 0.5) is 5.69 Å². The Morgan fingerprint density at radius 1 is 0.969 bits per heavy atom. The molecule has 3 aromatic rings. The van der Waals surface area contributed by atoms with Gasteiger partial charge in [0.1, 0.15) is 12.3 Å². The van der Waals surface area contributed by atoms with Crippen molar-refractivity contribution in [2.24, 2.45) is 0 Å². The number of nitrogens with zero attached hydrogens (tertiary/aromatic N) is 1. The Kier molecular flexibility index (Phi) is 7.53. The molecule has 6 nitrogen and oxygen atoms in total. The van der Waals surface area contributed by atoms with Crippen LogP contribution < -0.4 is 14.4 Å². The van der Waals surface area contributed by atoms with Crippen molar-refractivity contribution in [3.63, 3.8) is 0 Å². The number of hydrogen-bond acceptors (Lipinski definition) is 4. The molecule has 0 aliphatic heterocycles. The van der Waals surface area contributed by atoms with E-state index >= 15 is 0 Å². The Morgan fingerprint density at radius 2 is 1.59 bits per heavy atom. The van der Waals surface area contributed by atoms with E-state index in [9.17, 15) is 13.2 Å². The first-order valence-electron chi connectivity index (χ1n) is 10.5. The zero-order valence-corrected chi connectivity index (χ0v) is 19.3. The third-order valence-electron chi connectivity index (χ3n) is 5.23. The minimum absolute atomic E-state index is 0.130. The second kappa shape index (κ2) is 10.3. The molecule has 3 rings (SSSR count). The third kappa shape index (κ3) is 5.29. The van der Waals surface area contributed by atoms with Crippen molar-refractivity contribution in [3.8, 4) is 5.75 Å². The molecule has 168 valence electrons. The van der Waals surface area contributed by atoms with Gasteiger partial charge in [-0.15, -0.1) is 0 Å². The van der Waals surface area contributed by atoms with Gasteiger partial charge in [0.25, 0.3) is 10.0 Å². The van der Waals surface area contributed by atoms with Crippen LogP contribution in [-0.4, -0.2) is 28.0 Å². The van der Waals surface area contributed by atoms with E-state index < -0.39 is 15.9 Å². The number of nitrogens with one attached hydrogen (secondary N) is 1. The van der Waals surface area contributed by atoms with Gasteiger partial charge in [-0.25, -0.2) is 8.42 Å². The second-order valence-corrected chi connectivity index (χ2v) is 9.24. The van der Waals surface area contributed by atoms with Gasteiger partial charge < -0.3 is 10.1 Å². The van der Waals surface area contributed by atoms with E-state index in [1.54, 1.807) is 37.4 Å². The number of rotatable bonds is 9. The average Bonchev–Trinajstić information content (AvgIpc) is 2.83. The largest absolute Gasteiger partial charge is 0.496 e. The van der Waals surface area contributed by atoms with Crippen LogP contribution in [0.1, 0.15) is 31.0 Å². The van der Waals surface area contributed by atoms with Gasteiger partial charge in [0.05, 0.1) is 23.7 Å². The summed E-state index contributed by atoms with van der Waals surface area (Å²) in [6, 6.07) is 22.4. The summed E-state index contributed by atoms with van der Waals surface area (Å²) in [5, 5.41) is 2.89. The number of amides is 1. The Hall–Kier alpha value is -3.32. The Morgan fingerprint density at radius 3 is 2.22 bits per heavy atom. The third-order valence-corrected chi connectivity index (χ3v) is 7.02. The van der Waals surface area contributed by atoms with Crippen LogP contribution in [0.5, 0.6) is 5.75 Å². The van der Waals surface area contributed by atoms with Crippen LogP contribution in [0.3, 0.4) is 0 Å². The van der Waals surface area contributed by atoms with Gasteiger partial charge >= 0.3 is 0 Å². The maximum absolute atomic E-state index is 13.4. The quantitative estimate of drug-likeness (QED) is 0.524. The highest BCUT2D eigenvalue weighted by molar-refractivity contribution is 7.92. The molecule has 0 radical (unpaired) electrons. The van der Waals surface area contributed by atoms with Gasteiger partial charge in [-0.05, 0) is 49.2 Å². The molecule has 3 aromatic carbocycles. The lowest BCUT2D eigenvalue weighted by Crippen LogP contribution is -2.41. The molecule has 1 atom stereocenters. The van der Waals surface area contributed by atoms with Crippen molar-refractivity contribution < 1.29 is 17.9 Å². The Bertz CT molecular complexity index is 1150. The summed E-state index contributed by atoms with van der Waals surface area (Å²) < 4.78 is 33.3. The Labute approximate surface area is 189 Å². The molecule has 0 fully saturated rings. The zero-order valence-electron chi connectivity index (χ0n) is 18.5. The van der Waals surface area contributed by atoms with E-state index in [0.717, 1.165) is 21.9 Å². The molecule has 0 saturated carbocycles. The number of carbonyl (C=O) groups excluding carboxylic acids is 1. The van der Waals surface area contributed by atoms with Crippen LogP contribution in [0.25, 0.3) is 0 Å². The molecule has 1 amide bonds. The van der Waals surface area contributed by atoms with Crippen LogP contribution in [0.15, 0.2) is 83.8 Å². The van der Waals surface area contributed by atoms with Gasteiger partial charge in [-0.3, -0.25) is 9.10 Å². The van der Waals surface area contributed by atoms with E-state index in [0.29, 0.717) is 11.4 Å². The molecule has 0 aliphatic rings. The molecule has 0 bridgehead atoms. The minimum atomic E-state index is -3.93. The van der Waals surface area contributed by atoms with Crippen LogP contribution in [-0.2, 0) is 21.2 Å². The summed E-state index contributed by atoms with van der Waals surface area (Å²) in [5.41, 5.74) is 2.33. The lowest BCUT2D eigenvalue weighted by atomic mass is 10.1. The number of ether oxygens (including phenoxy) is 1. The topological polar surface area (TPSA) is 75.7 Å². The van der Waals surface area contributed by atoms with Crippen LogP contribution in [0.2, 0.25) is 0 Å². The summed E-state index contributed by atoms with van der Waals surface area (Å²) in [5.74, 6) is 0.242. The molecular formula is C25H28N2O4S. The highest BCUT2D eigenvalue weighted by Crippen LogP contribution is 2.26. The van der Waals surface area contributed by atoms with Crippen molar-refractivity contribution >= 4 is 21.6 Å². The number of anilines is 1. The molecular weight excluding hydrogens is 424 g/mol. The molecule has 7 heteroatoms. The predicted octanol–water partition coefficient (Wildman–Crippen LogP) is 4.33. The number of aryl methyl sites for hydroxylation is 1. The van der Waals surface area contributed by atoms with Crippen LogP contribution >= 0.6 is 0 Å². The fourth-order valence-corrected chi connectivity index (χ4v) is 4.89. The molecule has 0 spiro atoms. The fourth-order valence-electron chi connectivity index (χ4n) is 3.45. The number of sulfonamides is 1. The number of benzene rings is 3. The number of carbonyl (C=O) groups is 1. The van der Waals surface area contributed by atoms with Gasteiger partial charge in [-0.1, -0.05) is 55.5 Å². The summed E-state index contributed by atoms with van der Waals surface area (Å²) in [6.45, 7) is 3.52. The summed E-state index contributed by atoms with van der Waals surface area (Å²) in [4.78, 5) is 13.1. The van der Waals surface area contributed by atoms with Gasteiger partial charge in [0.15, 0.2) is 0 Å². The standard InChI is InChI=1S/C25H28N2O4S/c1-4-20-14-16-21(17-15-20)27(32(29,30)22-10-6-5-7-11-22)18-25(28)26-19(2)23-12-8-9-13-24(23)31-3/h5-17,19H,4,18H2,1-3H3,(H,26,28)/t19-/m0/s1. The minimum Gasteiger partial charge on any atom is -0.496 e. The van der Waals surface area contributed by atoms with Crippen molar-refractivity contribution in [1.82, 2.24) is 5.32 Å². The van der Waals surface area contributed by atoms with Crippen molar-refractivity contribution in [3.05, 3.63) is 90.0 Å². The van der Waals surface area contributed by atoms with Gasteiger partial charge in [0.2, 0.25) is 5.91 Å². The van der Waals surface area contributed by atoms with E-state index in [4.69, 9.17) is 4.74 Å². The average molecular weight is 453 g/mol. The second-order valence-electron chi connectivity index (χ2n) is 7.38. The molecule has 32 heavy (non-hydrogen) atoms. The first kappa shape index (κ1) is 23.3. The normalized spacial score (nSPS) is 12.1. The fraction of sp³-hybridized carbons (Fsp3) is 0.240. The first-order chi connectivity index (χ1) is 15.4. The van der Waals surface area contributed by atoms with Gasteiger partial charge in [0, 0.05) is 5.56 Å². The van der Waals surface area contributed by atoms with Crippen molar-refractivity contribution in [1.29, 1.82) is 0 Å². The van der Waals surface area contributed by atoms with E-state index in [-0.39, 0.29) is 17.5 Å². The van der Waals surface area contributed by atoms with E-state index in [2.05, 4.69) is 5.32 Å². The Balaban J connectivity index is 1.89. The maximum Gasteiger partial charge on any atom is 0.264 e. The summed E-state index contributed by atoms with van der Waals surface area (Å²) in [6.07, 6.45) is 0.836. The van der Waals surface area contributed by atoms with Gasteiger partial charge in [-0.2, -0.15) is 0 Å². The molecule has 0 aromatic heterocycles. The van der Waals surface area contributed by atoms with E-state index in [1.807, 2.05) is 50.2 Å². The summed E-state index contributed by atoms with van der Waals surface area (Å²) in [7, 11) is -2.36. The maximum atomic E-state index is 13.4. The van der Waals surface area contributed by atoms with Crippen LogP contribution in [0, 0.1) is 0 Å². The predicted molar refractivity (Wildman–Crippen MR) is 126 cm³/mol. The number of para-hydroxylation sites is 1. The number of hydrogen-bond donors (Lipinski definition) is 1. The first-order valence-corrected chi connectivity index (χ1v) is 11.9. The van der Waals surface area contributed by atoms with E-state index in [1.165, 1.54) is 12.1 Å². The molecule has 0 saturated heterocycles. The van der Waals surface area contributed by atoms with Crippen molar-refractivity contribution in [2.45, 2.75) is 31.2 Å². The number of methoxy groups -OCH3 is 1. The SMILES string of the molecule is CCc1ccc(N(CC(=O)N[C@@H](C)c2ccccc2OC)S(=O)(=O)c2ccccc2)cc1. The van der Waals surface area contributed by atoms with Crippen molar-refractivity contribution in [2.75, 3.05) is 18.0 Å². The molecule has 0 aliphatic carbocycles.